The van der Waals surface area contributed by atoms with Crippen molar-refractivity contribution in [1.82, 2.24) is 19.7 Å². The molecule has 2 amide bonds. The standard InChI is InChI=1S/C30H32FN5O2/c1-18(2)22-7-5-8-23(14-22)33-29(37)27-24-17-35(30(38)26-9-6-12-32-26)15-20(4)28(24)36(34-27)16-21-10-11-25(31)19(3)13-21/h5-14,18,20,32H,15-17H2,1-4H3,(H,33,37). The highest BCUT2D eigenvalue weighted by Gasteiger charge is 2.34. The van der Waals surface area contributed by atoms with E-state index >= 15 is 0 Å². The average Bonchev–Trinajstić information content (AvgIpc) is 3.55. The monoisotopic (exact) mass is 513 g/mol. The fourth-order valence-corrected chi connectivity index (χ4v) is 5.13. The second-order valence-corrected chi connectivity index (χ2v) is 10.4. The highest BCUT2D eigenvalue weighted by atomic mass is 19.1. The van der Waals surface area contributed by atoms with Gasteiger partial charge in [0.1, 0.15) is 11.5 Å². The number of nitrogens with one attached hydrogen (secondary N) is 2. The second kappa shape index (κ2) is 10.3. The molecule has 0 saturated heterocycles. The number of benzene rings is 2. The molecule has 196 valence electrons. The average molecular weight is 514 g/mol. The number of amides is 2. The molecule has 1 atom stereocenters. The van der Waals surface area contributed by atoms with E-state index < -0.39 is 0 Å². The Balaban J connectivity index is 1.52. The normalized spacial score (nSPS) is 15.0. The van der Waals surface area contributed by atoms with Gasteiger partial charge in [0.15, 0.2) is 5.69 Å². The van der Waals surface area contributed by atoms with E-state index in [1.807, 2.05) is 35.9 Å². The Morgan fingerprint density at radius 2 is 1.97 bits per heavy atom. The van der Waals surface area contributed by atoms with Crippen LogP contribution in [0.4, 0.5) is 10.1 Å². The van der Waals surface area contributed by atoms with Crippen LogP contribution in [0.15, 0.2) is 60.8 Å². The van der Waals surface area contributed by atoms with Crippen LogP contribution < -0.4 is 5.32 Å². The minimum atomic E-state index is -0.322. The first kappa shape index (κ1) is 25.4. The van der Waals surface area contributed by atoms with Crippen LogP contribution in [0.2, 0.25) is 0 Å². The number of aromatic nitrogens is 3. The Morgan fingerprint density at radius 3 is 2.68 bits per heavy atom. The minimum absolute atomic E-state index is 0.0578. The molecule has 1 aliphatic rings. The molecule has 0 spiro atoms. The van der Waals surface area contributed by atoms with Crippen LogP contribution in [0, 0.1) is 12.7 Å². The molecular formula is C30H32FN5O2. The van der Waals surface area contributed by atoms with Gasteiger partial charge in [0.05, 0.1) is 13.1 Å². The van der Waals surface area contributed by atoms with Crippen LogP contribution in [0.25, 0.3) is 0 Å². The molecular weight excluding hydrogens is 481 g/mol. The van der Waals surface area contributed by atoms with E-state index in [9.17, 15) is 14.0 Å². The van der Waals surface area contributed by atoms with Gasteiger partial charge < -0.3 is 15.2 Å². The first-order valence-corrected chi connectivity index (χ1v) is 12.9. The molecule has 8 heteroatoms. The smallest absolute Gasteiger partial charge is 0.276 e. The van der Waals surface area contributed by atoms with E-state index in [0.29, 0.717) is 41.6 Å². The molecule has 0 saturated carbocycles. The van der Waals surface area contributed by atoms with Gasteiger partial charge in [0.25, 0.3) is 11.8 Å². The molecule has 1 aliphatic heterocycles. The Bertz CT molecular complexity index is 1490. The van der Waals surface area contributed by atoms with Gasteiger partial charge in [-0.2, -0.15) is 5.10 Å². The molecule has 2 N–H and O–H groups in total. The molecule has 0 radical (unpaired) electrons. The zero-order valence-corrected chi connectivity index (χ0v) is 22.1. The summed E-state index contributed by atoms with van der Waals surface area (Å²) in [6.45, 7) is 9.14. The summed E-state index contributed by atoms with van der Waals surface area (Å²) in [5.41, 5.74) is 5.73. The molecule has 0 fully saturated rings. The highest BCUT2D eigenvalue weighted by Crippen LogP contribution is 2.32. The van der Waals surface area contributed by atoms with Crippen molar-refractivity contribution in [3.8, 4) is 0 Å². The maximum Gasteiger partial charge on any atom is 0.276 e. The predicted molar refractivity (Wildman–Crippen MR) is 145 cm³/mol. The van der Waals surface area contributed by atoms with Crippen LogP contribution in [0.3, 0.4) is 0 Å². The lowest BCUT2D eigenvalue weighted by atomic mass is 9.95. The van der Waals surface area contributed by atoms with Crippen LogP contribution in [-0.4, -0.2) is 38.0 Å². The number of aromatic amines is 1. The summed E-state index contributed by atoms with van der Waals surface area (Å²) >= 11 is 0. The van der Waals surface area contributed by atoms with Crippen molar-refractivity contribution in [2.45, 2.75) is 52.6 Å². The number of halogens is 1. The molecule has 4 aromatic rings. The number of rotatable bonds is 6. The summed E-state index contributed by atoms with van der Waals surface area (Å²) in [7, 11) is 0. The van der Waals surface area contributed by atoms with E-state index in [4.69, 9.17) is 5.10 Å². The van der Waals surface area contributed by atoms with Crippen LogP contribution in [0.5, 0.6) is 0 Å². The fourth-order valence-electron chi connectivity index (χ4n) is 5.13. The third-order valence-corrected chi connectivity index (χ3v) is 7.10. The lowest BCUT2D eigenvalue weighted by molar-refractivity contribution is 0.0711. The fraction of sp³-hybridized carbons (Fsp3) is 0.300. The van der Waals surface area contributed by atoms with Crippen molar-refractivity contribution in [2.24, 2.45) is 0 Å². The Morgan fingerprint density at radius 1 is 1.16 bits per heavy atom. The first-order valence-electron chi connectivity index (χ1n) is 12.9. The van der Waals surface area contributed by atoms with Crippen molar-refractivity contribution in [3.05, 3.63) is 106 Å². The van der Waals surface area contributed by atoms with Crippen LogP contribution in [-0.2, 0) is 13.1 Å². The van der Waals surface area contributed by atoms with E-state index in [1.54, 1.807) is 42.3 Å². The molecule has 2 aromatic heterocycles. The van der Waals surface area contributed by atoms with Crippen LogP contribution in [0.1, 0.15) is 81.5 Å². The van der Waals surface area contributed by atoms with Crippen LogP contribution >= 0.6 is 0 Å². The van der Waals surface area contributed by atoms with Crippen molar-refractivity contribution in [2.75, 3.05) is 11.9 Å². The SMILES string of the molecule is Cc1cc(Cn2nc(C(=O)Nc3cccc(C(C)C)c3)c3c2C(C)CN(C(=O)c2ccc[nH]2)C3)ccc1F. The maximum atomic E-state index is 13.9. The summed E-state index contributed by atoms with van der Waals surface area (Å²) in [5.74, 6) is -0.432. The van der Waals surface area contributed by atoms with E-state index in [1.165, 1.54) is 6.07 Å². The van der Waals surface area contributed by atoms with Crippen molar-refractivity contribution < 1.29 is 14.0 Å². The lowest BCUT2D eigenvalue weighted by Gasteiger charge is -2.32. The number of carbonyl (C=O) groups excluding carboxylic acids is 2. The third kappa shape index (κ3) is 4.98. The number of carbonyl (C=O) groups is 2. The number of fused-ring (bicyclic) bond motifs is 1. The lowest BCUT2D eigenvalue weighted by Crippen LogP contribution is -2.38. The van der Waals surface area contributed by atoms with E-state index in [0.717, 1.165) is 22.4 Å². The van der Waals surface area contributed by atoms with E-state index in [-0.39, 0.29) is 30.1 Å². The number of hydrogen-bond donors (Lipinski definition) is 2. The second-order valence-electron chi connectivity index (χ2n) is 10.4. The molecule has 1 unspecified atom stereocenters. The third-order valence-electron chi connectivity index (χ3n) is 7.10. The molecule has 38 heavy (non-hydrogen) atoms. The summed E-state index contributed by atoms with van der Waals surface area (Å²) in [6, 6.07) is 16.3. The quantitative estimate of drug-likeness (QED) is 0.340. The van der Waals surface area contributed by atoms with Gasteiger partial charge in [0.2, 0.25) is 0 Å². The Hall–Kier alpha value is -4.20. The zero-order valence-electron chi connectivity index (χ0n) is 22.1. The number of H-pyrrole nitrogens is 1. The number of aryl methyl sites for hydroxylation is 1. The Kier molecular flexibility index (Phi) is 6.89. The Labute approximate surface area is 221 Å². The summed E-state index contributed by atoms with van der Waals surface area (Å²) < 4.78 is 15.7. The van der Waals surface area contributed by atoms with Gasteiger partial charge >= 0.3 is 0 Å². The van der Waals surface area contributed by atoms with Gasteiger partial charge in [-0.1, -0.05) is 45.0 Å². The number of nitrogens with zero attached hydrogens (tertiary/aromatic N) is 3. The van der Waals surface area contributed by atoms with Crippen molar-refractivity contribution in [1.29, 1.82) is 0 Å². The predicted octanol–water partition coefficient (Wildman–Crippen LogP) is 5.84. The summed E-state index contributed by atoms with van der Waals surface area (Å²) in [6.07, 6.45) is 1.72. The van der Waals surface area contributed by atoms with Gasteiger partial charge in [-0.05, 0) is 59.9 Å². The van der Waals surface area contributed by atoms with Gasteiger partial charge in [-0.3, -0.25) is 14.3 Å². The molecule has 2 aromatic carbocycles. The number of hydrogen-bond acceptors (Lipinski definition) is 3. The number of anilines is 1. The maximum absolute atomic E-state index is 13.9. The molecule has 5 rings (SSSR count). The van der Waals surface area contributed by atoms with Gasteiger partial charge in [0, 0.05) is 35.6 Å². The van der Waals surface area contributed by atoms with Gasteiger partial charge in [-0.15, -0.1) is 0 Å². The first-order chi connectivity index (χ1) is 18.2. The van der Waals surface area contributed by atoms with Crippen molar-refractivity contribution >= 4 is 17.5 Å². The van der Waals surface area contributed by atoms with Crippen molar-refractivity contribution in [3.63, 3.8) is 0 Å². The largest absolute Gasteiger partial charge is 0.357 e. The minimum Gasteiger partial charge on any atom is -0.357 e. The molecule has 7 nitrogen and oxygen atoms in total. The summed E-state index contributed by atoms with van der Waals surface area (Å²) in [4.78, 5) is 31.5. The summed E-state index contributed by atoms with van der Waals surface area (Å²) in [5, 5.41) is 7.77. The highest BCUT2D eigenvalue weighted by molar-refractivity contribution is 6.04. The zero-order chi connectivity index (χ0) is 27.0. The van der Waals surface area contributed by atoms with E-state index in [2.05, 4.69) is 24.1 Å². The van der Waals surface area contributed by atoms with Gasteiger partial charge in [-0.25, -0.2) is 4.39 Å². The molecule has 3 heterocycles. The topological polar surface area (TPSA) is 83.0 Å². The molecule has 0 aliphatic carbocycles. The molecule has 0 bridgehead atoms.